The van der Waals surface area contributed by atoms with Gasteiger partial charge in [-0.3, -0.25) is 0 Å². The molecule has 1 fully saturated rings. The monoisotopic (exact) mass is 292 g/mol. The fourth-order valence-electron chi connectivity index (χ4n) is 3.31. The van der Waals surface area contributed by atoms with E-state index in [1.54, 1.807) is 12.1 Å². The van der Waals surface area contributed by atoms with Crippen LogP contribution >= 0.6 is 0 Å². The summed E-state index contributed by atoms with van der Waals surface area (Å²) in [5, 5.41) is 3.35. The number of halogens is 1. The zero-order chi connectivity index (χ0) is 15.2. The van der Waals surface area contributed by atoms with Crippen molar-refractivity contribution in [3.8, 4) is 0 Å². The van der Waals surface area contributed by atoms with E-state index in [0.29, 0.717) is 6.04 Å². The Morgan fingerprint density at radius 3 is 2.81 bits per heavy atom. The van der Waals surface area contributed by atoms with Crippen molar-refractivity contribution < 1.29 is 4.39 Å². The minimum absolute atomic E-state index is 0.128. The van der Waals surface area contributed by atoms with Crippen LogP contribution in [0.4, 0.5) is 10.1 Å². The summed E-state index contributed by atoms with van der Waals surface area (Å²) in [7, 11) is 2.11. The normalized spacial score (nSPS) is 22.3. The summed E-state index contributed by atoms with van der Waals surface area (Å²) in [6.07, 6.45) is 6.16. The molecule has 0 aliphatic heterocycles. The molecule has 1 aliphatic carbocycles. The lowest BCUT2D eigenvalue weighted by molar-refractivity contribution is 0.336. The molecule has 0 amide bonds. The van der Waals surface area contributed by atoms with E-state index in [9.17, 15) is 4.39 Å². The van der Waals surface area contributed by atoms with Crippen molar-refractivity contribution in [1.82, 2.24) is 5.32 Å². The van der Waals surface area contributed by atoms with E-state index in [4.69, 9.17) is 0 Å². The maximum atomic E-state index is 13.9. The molecule has 0 bridgehead atoms. The molecule has 1 N–H and O–H groups in total. The highest BCUT2D eigenvalue weighted by Gasteiger charge is 2.23. The first-order chi connectivity index (χ1) is 10.1. The summed E-state index contributed by atoms with van der Waals surface area (Å²) >= 11 is 0. The summed E-state index contributed by atoms with van der Waals surface area (Å²) in [4.78, 5) is 2.28. The Morgan fingerprint density at radius 1 is 1.29 bits per heavy atom. The van der Waals surface area contributed by atoms with Gasteiger partial charge in [-0.25, -0.2) is 4.39 Å². The molecule has 0 aromatic heterocycles. The summed E-state index contributed by atoms with van der Waals surface area (Å²) in [6, 6.07) is 5.99. The molecule has 0 saturated heterocycles. The van der Waals surface area contributed by atoms with Gasteiger partial charge in [-0.05, 0) is 55.5 Å². The van der Waals surface area contributed by atoms with Gasteiger partial charge in [-0.15, -0.1) is 0 Å². The van der Waals surface area contributed by atoms with Crippen LogP contribution in [0.3, 0.4) is 0 Å². The average Bonchev–Trinajstić information content (AvgIpc) is 2.46. The molecule has 0 heterocycles. The second-order valence-electron chi connectivity index (χ2n) is 6.53. The quantitative estimate of drug-likeness (QED) is 0.785. The zero-order valence-electron chi connectivity index (χ0n) is 13.7. The largest absolute Gasteiger partial charge is 0.372 e. The van der Waals surface area contributed by atoms with Crippen LogP contribution in [0.25, 0.3) is 0 Å². The Hall–Kier alpha value is -1.09. The number of nitrogens with one attached hydrogen (secondary N) is 1. The van der Waals surface area contributed by atoms with Crippen molar-refractivity contribution in [3.05, 3.63) is 29.6 Å². The van der Waals surface area contributed by atoms with E-state index in [2.05, 4.69) is 37.2 Å². The SMILES string of the molecule is CCCNCc1cc(F)cc(N(C)C2CCCC(C)C2)c1. The molecular formula is C18H29FN2. The Balaban J connectivity index is 2.07. The third-order valence-corrected chi connectivity index (χ3v) is 4.56. The molecule has 1 aliphatic rings. The van der Waals surface area contributed by atoms with Crippen LogP contribution in [-0.4, -0.2) is 19.6 Å². The molecule has 0 radical (unpaired) electrons. The van der Waals surface area contributed by atoms with Gasteiger partial charge < -0.3 is 10.2 Å². The molecule has 2 rings (SSSR count). The van der Waals surface area contributed by atoms with Crippen LogP contribution in [0.1, 0.15) is 51.5 Å². The standard InChI is InChI=1S/C18H29FN2/c1-4-8-20-13-15-10-16(19)12-18(11-15)21(3)17-7-5-6-14(2)9-17/h10-12,14,17,20H,4-9,13H2,1-3H3. The van der Waals surface area contributed by atoms with Crippen molar-refractivity contribution in [2.24, 2.45) is 5.92 Å². The number of rotatable bonds is 6. The summed E-state index contributed by atoms with van der Waals surface area (Å²) in [5.74, 6) is 0.655. The van der Waals surface area contributed by atoms with Gasteiger partial charge in [0, 0.05) is 25.3 Å². The van der Waals surface area contributed by atoms with Crippen LogP contribution in [0.5, 0.6) is 0 Å². The molecule has 2 nitrogen and oxygen atoms in total. The van der Waals surface area contributed by atoms with E-state index < -0.39 is 0 Å². The van der Waals surface area contributed by atoms with Crippen LogP contribution in [0.15, 0.2) is 18.2 Å². The third kappa shape index (κ3) is 4.70. The number of hydrogen-bond donors (Lipinski definition) is 1. The van der Waals surface area contributed by atoms with Crippen LogP contribution in [0.2, 0.25) is 0 Å². The van der Waals surface area contributed by atoms with Crippen molar-refractivity contribution >= 4 is 5.69 Å². The molecule has 2 unspecified atom stereocenters. The second kappa shape index (κ2) is 7.79. The van der Waals surface area contributed by atoms with E-state index in [-0.39, 0.29) is 5.82 Å². The molecule has 3 heteroatoms. The van der Waals surface area contributed by atoms with Gasteiger partial charge in [0.15, 0.2) is 0 Å². The molecular weight excluding hydrogens is 263 g/mol. The van der Waals surface area contributed by atoms with Crippen LogP contribution in [0, 0.1) is 11.7 Å². The Morgan fingerprint density at radius 2 is 2.10 bits per heavy atom. The lowest BCUT2D eigenvalue weighted by Crippen LogP contribution is -2.35. The first-order valence-electron chi connectivity index (χ1n) is 8.33. The molecule has 118 valence electrons. The smallest absolute Gasteiger partial charge is 0.125 e. The maximum absolute atomic E-state index is 13.9. The number of benzene rings is 1. The highest BCUT2D eigenvalue weighted by molar-refractivity contribution is 5.49. The fourth-order valence-corrected chi connectivity index (χ4v) is 3.31. The Bertz CT molecular complexity index is 447. The van der Waals surface area contributed by atoms with Crippen molar-refractivity contribution in [1.29, 1.82) is 0 Å². The topological polar surface area (TPSA) is 15.3 Å². The van der Waals surface area contributed by atoms with Crippen LogP contribution in [-0.2, 0) is 6.54 Å². The fraction of sp³-hybridized carbons (Fsp3) is 0.667. The highest BCUT2D eigenvalue weighted by Crippen LogP contribution is 2.30. The molecule has 0 spiro atoms. The summed E-state index contributed by atoms with van der Waals surface area (Å²) in [6.45, 7) is 6.18. The van der Waals surface area contributed by atoms with Gasteiger partial charge in [-0.1, -0.05) is 26.7 Å². The van der Waals surface area contributed by atoms with Gasteiger partial charge in [0.05, 0.1) is 0 Å². The van der Waals surface area contributed by atoms with E-state index in [1.165, 1.54) is 25.7 Å². The van der Waals surface area contributed by atoms with Crippen molar-refractivity contribution in [2.75, 3.05) is 18.5 Å². The zero-order valence-corrected chi connectivity index (χ0v) is 13.7. The lowest BCUT2D eigenvalue weighted by Gasteiger charge is -2.35. The van der Waals surface area contributed by atoms with E-state index in [0.717, 1.165) is 36.7 Å². The van der Waals surface area contributed by atoms with Gasteiger partial charge in [0.1, 0.15) is 5.82 Å². The molecule has 2 atom stereocenters. The van der Waals surface area contributed by atoms with Crippen molar-refractivity contribution in [2.45, 2.75) is 58.5 Å². The highest BCUT2D eigenvalue weighted by atomic mass is 19.1. The number of anilines is 1. The van der Waals surface area contributed by atoms with Gasteiger partial charge >= 0.3 is 0 Å². The Kier molecular flexibility index (Phi) is 6.04. The van der Waals surface area contributed by atoms with Crippen molar-refractivity contribution in [3.63, 3.8) is 0 Å². The summed E-state index contributed by atoms with van der Waals surface area (Å²) in [5.41, 5.74) is 2.05. The molecule has 1 aromatic rings. The maximum Gasteiger partial charge on any atom is 0.125 e. The first kappa shape index (κ1) is 16.3. The van der Waals surface area contributed by atoms with E-state index >= 15 is 0 Å². The number of hydrogen-bond acceptors (Lipinski definition) is 2. The molecule has 1 saturated carbocycles. The third-order valence-electron chi connectivity index (χ3n) is 4.56. The minimum Gasteiger partial charge on any atom is -0.372 e. The lowest BCUT2D eigenvalue weighted by atomic mass is 9.86. The first-order valence-corrected chi connectivity index (χ1v) is 8.33. The van der Waals surface area contributed by atoms with Gasteiger partial charge in [-0.2, -0.15) is 0 Å². The molecule has 21 heavy (non-hydrogen) atoms. The Labute approximate surface area is 128 Å². The van der Waals surface area contributed by atoms with Crippen LogP contribution < -0.4 is 10.2 Å². The predicted molar refractivity (Wildman–Crippen MR) is 88.2 cm³/mol. The summed E-state index contributed by atoms with van der Waals surface area (Å²) < 4.78 is 13.9. The second-order valence-corrected chi connectivity index (χ2v) is 6.53. The average molecular weight is 292 g/mol. The van der Waals surface area contributed by atoms with Gasteiger partial charge in [0.2, 0.25) is 0 Å². The predicted octanol–water partition coefficient (Wildman–Crippen LogP) is 4.34. The minimum atomic E-state index is -0.128. The van der Waals surface area contributed by atoms with Gasteiger partial charge in [0.25, 0.3) is 0 Å². The molecule has 1 aromatic carbocycles. The van der Waals surface area contributed by atoms with E-state index in [1.807, 2.05) is 0 Å². The number of nitrogens with zero attached hydrogens (tertiary/aromatic N) is 1.